The van der Waals surface area contributed by atoms with Crippen molar-refractivity contribution in [1.29, 1.82) is 0 Å². The van der Waals surface area contributed by atoms with Crippen LogP contribution in [0.15, 0.2) is 36.4 Å². The number of rotatable bonds is 6. The Bertz CT molecular complexity index is 992. The lowest BCUT2D eigenvalue weighted by molar-refractivity contribution is -0.141. The average molecular weight is 366 g/mol. The molecule has 140 valence electrons. The number of carboxylic acids is 1. The summed E-state index contributed by atoms with van der Waals surface area (Å²) in [7, 11) is 0. The third-order valence-electron chi connectivity index (χ3n) is 5.02. The quantitative estimate of drug-likeness (QED) is 0.714. The highest BCUT2D eigenvalue weighted by molar-refractivity contribution is 5.82. The van der Waals surface area contributed by atoms with Crippen molar-refractivity contribution in [3.63, 3.8) is 0 Å². The molecule has 0 saturated heterocycles. The molecule has 1 atom stereocenters. The molecule has 27 heavy (non-hydrogen) atoms. The van der Waals surface area contributed by atoms with E-state index < -0.39 is 5.97 Å². The van der Waals surface area contributed by atoms with Crippen LogP contribution in [0.5, 0.6) is 11.5 Å². The van der Waals surface area contributed by atoms with Gasteiger partial charge in [-0.1, -0.05) is 26.0 Å². The number of benzene rings is 2. The van der Waals surface area contributed by atoms with Crippen LogP contribution < -0.4 is 9.47 Å². The van der Waals surface area contributed by atoms with Gasteiger partial charge >= 0.3 is 5.97 Å². The lowest BCUT2D eigenvalue weighted by Gasteiger charge is -2.10. The summed E-state index contributed by atoms with van der Waals surface area (Å²) in [4.78, 5) is 15.7. The lowest BCUT2D eigenvalue weighted by atomic mass is 10.0. The number of hydrogen-bond donors (Lipinski definition) is 1. The van der Waals surface area contributed by atoms with Gasteiger partial charge in [-0.25, -0.2) is 4.98 Å². The molecule has 1 aromatic heterocycles. The number of hydrogen-bond acceptors (Lipinski definition) is 4. The summed E-state index contributed by atoms with van der Waals surface area (Å²) in [6, 6.07) is 12.1. The van der Waals surface area contributed by atoms with E-state index in [9.17, 15) is 4.79 Å². The number of aromatic nitrogens is 2. The Morgan fingerprint density at radius 1 is 1.22 bits per heavy atom. The maximum absolute atomic E-state index is 11.0. The van der Waals surface area contributed by atoms with E-state index in [2.05, 4.69) is 35.8 Å². The van der Waals surface area contributed by atoms with Gasteiger partial charge in [-0.2, -0.15) is 0 Å². The fourth-order valence-corrected chi connectivity index (χ4v) is 3.36. The van der Waals surface area contributed by atoms with Crippen molar-refractivity contribution in [2.24, 2.45) is 5.92 Å². The summed E-state index contributed by atoms with van der Waals surface area (Å²) in [5, 5.41) is 9.02. The van der Waals surface area contributed by atoms with E-state index in [-0.39, 0.29) is 12.7 Å². The maximum Gasteiger partial charge on any atom is 0.306 e. The molecule has 1 unspecified atom stereocenters. The van der Waals surface area contributed by atoms with Gasteiger partial charge in [0.25, 0.3) is 0 Å². The highest BCUT2D eigenvalue weighted by Gasteiger charge is 2.19. The summed E-state index contributed by atoms with van der Waals surface area (Å²) in [6.45, 7) is 4.07. The molecule has 6 heteroatoms. The molecule has 6 nitrogen and oxygen atoms in total. The SMILES string of the molecule is CCc1nc2cc3c(cc2n1-c1ccc(CCC(C)C(=O)O)cc1)OCO3. The number of imidazole rings is 1. The van der Waals surface area contributed by atoms with Gasteiger partial charge in [-0.05, 0) is 30.5 Å². The topological polar surface area (TPSA) is 73.6 Å². The zero-order chi connectivity index (χ0) is 19.0. The highest BCUT2D eigenvalue weighted by atomic mass is 16.7. The summed E-state index contributed by atoms with van der Waals surface area (Å²) >= 11 is 0. The zero-order valence-electron chi connectivity index (χ0n) is 15.4. The predicted octanol–water partition coefficient (Wildman–Crippen LogP) is 3.97. The van der Waals surface area contributed by atoms with Crippen molar-refractivity contribution in [2.45, 2.75) is 33.1 Å². The summed E-state index contributed by atoms with van der Waals surface area (Å²) in [5.41, 5.74) is 4.04. The number of carboxylic acid groups (broad SMARTS) is 1. The summed E-state index contributed by atoms with van der Waals surface area (Å²) in [6.07, 6.45) is 2.18. The van der Waals surface area contributed by atoms with Gasteiger partial charge in [0, 0.05) is 24.2 Å². The van der Waals surface area contributed by atoms with Gasteiger partial charge in [-0.3, -0.25) is 9.36 Å². The largest absolute Gasteiger partial charge is 0.481 e. The van der Waals surface area contributed by atoms with Crippen molar-refractivity contribution < 1.29 is 19.4 Å². The third-order valence-corrected chi connectivity index (χ3v) is 5.02. The molecule has 0 fully saturated rings. The van der Waals surface area contributed by atoms with Gasteiger partial charge in [0.05, 0.1) is 17.0 Å². The standard InChI is InChI=1S/C21H22N2O4/c1-3-20-22-16-10-18-19(27-12-26-18)11-17(16)23(20)15-8-6-14(7-9-15)5-4-13(2)21(24)25/h6-11,13H,3-5,12H2,1-2H3,(H,24,25). The fraction of sp³-hybridized carbons (Fsp3) is 0.333. The Morgan fingerprint density at radius 2 is 1.93 bits per heavy atom. The van der Waals surface area contributed by atoms with Crippen LogP contribution in [0.2, 0.25) is 0 Å². The third kappa shape index (κ3) is 3.23. The van der Waals surface area contributed by atoms with E-state index in [1.54, 1.807) is 6.92 Å². The van der Waals surface area contributed by atoms with E-state index in [1.165, 1.54) is 0 Å². The van der Waals surface area contributed by atoms with E-state index in [1.807, 2.05) is 12.1 Å². The molecule has 1 aliphatic rings. The number of carbonyl (C=O) groups is 1. The molecular formula is C21H22N2O4. The first-order chi connectivity index (χ1) is 13.1. The van der Waals surface area contributed by atoms with Gasteiger partial charge < -0.3 is 14.6 Å². The molecule has 0 aliphatic carbocycles. The molecule has 0 spiro atoms. The lowest BCUT2D eigenvalue weighted by Crippen LogP contribution is -2.10. The average Bonchev–Trinajstić information content (AvgIpc) is 3.27. The van der Waals surface area contributed by atoms with Gasteiger partial charge in [0.15, 0.2) is 11.5 Å². The minimum atomic E-state index is -0.747. The molecule has 3 aromatic rings. The van der Waals surface area contributed by atoms with Crippen LogP contribution in [0, 0.1) is 5.92 Å². The number of fused-ring (bicyclic) bond motifs is 2. The van der Waals surface area contributed by atoms with Crippen LogP contribution in [-0.4, -0.2) is 27.4 Å². The predicted molar refractivity (Wildman–Crippen MR) is 102 cm³/mol. The molecule has 2 heterocycles. The molecule has 0 amide bonds. The smallest absolute Gasteiger partial charge is 0.306 e. The van der Waals surface area contributed by atoms with Gasteiger partial charge in [-0.15, -0.1) is 0 Å². The minimum Gasteiger partial charge on any atom is -0.481 e. The van der Waals surface area contributed by atoms with Gasteiger partial charge in [0.1, 0.15) is 5.82 Å². The van der Waals surface area contributed by atoms with E-state index in [0.29, 0.717) is 6.42 Å². The minimum absolute atomic E-state index is 0.242. The Hall–Kier alpha value is -3.02. The first-order valence-electron chi connectivity index (χ1n) is 9.20. The second kappa shape index (κ2) is 6.95. The molecule has 4 rings (SSSR count). The van der Waals surface area contributed by atoms with E-state index in [4.69, 9.17) is 19.6 Å². The molecular weight excluding hydrogens is 344 g/mol. The monoisotopic (exact) mass is 366 g/mol. The molecule has 1 aliphatic heterocycles. The Labute approximate surface area is 157 Å². The van der Waals surface area contributed by atoms with Crippen LogP contribution in [0.3, 0.4) is 0 Å². The number of aliphatic carboxylic acids is 1. The first-order valence-corrected chi connectivity index (χ1v) is 9.20. The first kappa shape index (κ1) is 17.4. The fourth-order valence-electron chi connectivity index (χ4n) is 3.36. The molecule has 0 radical (unpaired) electrons. The normalized spacial score (nSPS) is 13.9. The zero-order valence-corrected chi connectivity index (χ0v) is 15.4. The van der Waals surface area contributed by atoms with Crippen molar-refractivity contribution in [3.8, 4) is 17.2 Å². The van der Waals surface area contributed by atoms with Crippen LogP contribution in [0.25, 0.3) is 16.7 Å². The van der Waals surface area contributed by atoms with E-state index in [0.717, 1.165) is 52.4 Å². The van der Waals surface area contributed by atoms with Gasteiger partial charge in [0.2, 0.25) is 6.79 Å². The van der Waals surface area contributed by atoms with Crippen molar-refractivity contribution in [3.05, 3.63) is 47.8 Å². The van der Waals surface area contributed by atoms with E-state index >= 15 is 0 Å². The highest BCUT2D eigenvalue weighted by Crippen LogP contribution is 2.37. The Kier molecular flexibility index (Phi) is 4.48. The van der Waals surface area contributed by atoms with Crippen LogP contribution in [0.1, 0.15) is 31.7 Å². The van der Waals surface area contributed by atoms with Crippen molar-refractivity contribution in [1.82, 2.24) is 9.55 Å². The number of aryl methyl sites for hydroxylation is 2. The second-order valence-corrected chi connectivity index (χ2v) is 6.86. The number of ether oxygens (including phenoxy) is 2. The van der Waals surface area contributed by atoms with Crippen LogP contribution in [0.4, 0.5) is 0 Å². The molecule has 2 aromatic carbocycles. The molecule has 0 saturated carbocycles. The summed E-state index contributed by atoms with van der Waals surface area (Å²) in [5.74, 6) is 1.37. The Morgan fingerprint density at radius 3 is 2.59 bits per heavy atom. The second-order valence-electron chi connectivity index (χ2n) is 6.86. The van der Waals surface area contributed by atoms with Crippen LogP contribution in [-0.2, 0) is 17.6 Å². The summed E-state index contributed by atoms with van der Waals surface area (Å²) < 4.78 is 13.1. The molecule has 1 N–H and O–H groups in total. The molecule has 0 bridgehead atoms. The van der Waals surface area contributed by atoms with Crippen molar-refractivity contribution >= 4 is 17.0 Å². The van der Waals surface area contributed by atoms with Crippen LogP contribution >= 0.6 is 0 Å². The Balaban J connectivity index is 1.66. The number of nitrogens with zero attached hydrogens (tertiary/aromatic N) is 2. The van der Waals surface area contributed by atoms with Crippen molar-refractivity contribution in [2.75, 3.05) is 6.79 Å². The maximum atomic E-state index is 11.0.